The molecule has 3 aromatic rings. The average molecular weight is 406 g/mol. The predicted molar refractivity (Wildman–Crippen MR) is 118 cm³/mol. The van der Waals surface area contributed by atoms with Crippen LogP contribution in [0.3, 0.4) is 0 Å². The van der Waals surface area contributed by atoms with E-state index in [0.29, 0.717) is 6.42 Å². The molecule has 0 saturated heterocycles. The van der Waals surface area contributed by atoms with Crippen LogP contribution in [0.1, 0.15) is 31.4 Å². The van der Waals surface area contributed by atoms with Crippen molar-refractivity contribution in [1.29, 1.82) is 0 Å². The van der Waals surface area contributed by atoms with E-state index in [1.54, 1.807) is 0 Å². The number of aromatic nitrogens is 2. The maximum Gasteiger partial charge on any atom is 0.330 e. The van der Waals surface area contributed by atoms with Crippen LogP contribution < -0.4 is 21.9 Å². The van der Waals surface area contributed by atoms with Gasteiger partial charge in [0, 0.05) is 5.92 Å². The largest absolute Gasteiger partial charge is 0.383 e. The van der Waals surface area contributed by atoms with E-state index < -0.39 is 11.2 Å². The first-order valence-corrected chi connectivity index (χ1v) is 9.94. The summed E-state index contributed by atoms with van der Waals surface area (Å²) in [6.07, 6.45) is 0.617. The normalized spacial score (nSPS) is 11.8. The van der Waals surface area contributed by atoms with E-state index in [2.05, 4.69) is 4.98 Å². The second kappa shape index (κ2) is 9.26. The first-order chi connectivity index (χ1) is 14.4. The summed E-state index contributed by atoms with van der Waals surface area (Å²) in [7, 11) is 0. The lowest BCUT2D eigenvalue weighted by molar-refractivity contribution is -0.122. The summed E-state index contributed by atoms with van der Waals surface area (Å²) in [5, 5.41) is 0. The number of carbonyl (C=O) groups excluding carboxylic acids is 1. The number of anilines is 2. The summed E-state index contributed by atoms with van der Waals surface area (Å²) < 4.78 is 1.29. The van der Waals surface area contributed by atoms with Crippen LogP contribution in [0.25, 0.3) is 0 Å². The Bertz CT molecular complexity index is 1120. The van der Waals surface area contributed by atoms with Crippen LogP contribution in [0, 0.1) is 5.92 Å². The van der Waals surface area contributed by atoms with Gasteiger partial charge in [-0.2, -0.15) is 0 Å². The highest BCUT2D eigenvalue weighted by molar-refractivity contribution is 5.96. The van der Waals surface area contributed by atoms with Gasteiger partial charge in [0.05, 0.1) is 13.1 Å². The fourth-order valence-electron chi connectivity index (χ4n) is 3.23. The number of H-pyrrole nitrogens is 1. The summed E-state index contributed by atoms with van der Waals surface area (Å²) >= 11 is 0. The van der Waals surface area contributed by atoms with Crippen molar-refractivity contribution in [2.45, 2.75) is 33.4 Å². The Morgan fingerprint density at radius 3 is 2.17 bits per heavy atom. The van der Waals surface area contributed by atoms with Gasteiger partial charge in [0.25, 0.3) is 5.56 Å². The van der Waals surface area contributed by atoms with Crippen LogP contribution >= 0.6 is 0 Å². The van der Waals surface area contributed by atoms with E-state index in [1.807, 2.05) is 74.5 Å². The quantitative estimate of drug-likeness (QED) is 0.630. The first kappa shape index (κ1) is 21.1. The second-order valence-electron chi connectivity index (χ2n) is 7.28. The van der Waals surface area contributed by atoms with E-state index in [4.69, 9.17) is 5.73 Å². The van der Waals surface area contributed by atoms with Gasteiger partial charge in [0.2, 0.25) is 5.91 Å². The molecule has 3 N–H and O–H groups in total. The van der Waals surface area contributed by atoms with Crippen LogP contribution in [-0.4, -0.2) is 15.5 Å². The lowest BCUT2D eigenvalue weighted by atomic mass is 10.1. The van der Waals surface area contributed by atoms with E-state index >= 15 is 0 Å². The van der Waals surface area contributed by atoms with E-state index in [-0.39, 0.29) is 36.4 Å². The third-order valence-electron chi connectivity index (χ3n) is 5.15. The van der Waals surface area contributed by atoms with Gasteiger partial charge in [0.15, 0.2) is 5.69 Å². The molecule has 0 aliphatic carbocycles. The van der Waals surface area contributed by atoms with Crippen LogP contribution in [0.5, 0.6) is 0 Å². The summed E-state index contributed by atoms with van der Waals surface area (Å²) in [4.78, 5) is 42.1. The monoisotopic (exact) mass is 406 g/mol. The third-order valence-corrected chi connectivity index (χ3v) is 5.15. The van der Waals surface area contributed by atoms with Crippen LogP contribution in [0.2, 0.25) is 0 Å². The Kier molecular flexibility index (Phi) is 6.51. The van der Waals surface area contributed by atoms with Crippen molar-refractivity contribution < 1.29 is 4.79 Å². The molecule has 2 aromatic carbocycles. The van der Waals surface area contributed by atoms with Gasteiger partial charge in [-0.3, -0.25) is 24.0 Å². The van der Waals surface area contributed by atoms with Crippen molar-refractivity contribution in [2.24, 2.45) is 5.92 Å². The fraction of sp³-hybridized carbons (Fsp3) is 0.261. The van der Waals surface area contributed by atoms with E-state index in [9.17, 15) is 14.4 Å². The maximum absolute atomic E-state index is 13.2. The zero-order chi connectivity index (χ0) is 21.7. The molecule has 0 radical (unpaired) electrons. The molecule has 0 aliphatic heterocycles. The van der Waals surface area contributed by atoms with Gasteiger partial charge in [-0.15, -0.1) is 0 Å². The van der Waals surface area contributed by atoms with Gasteiger partial charge in [0.1, 0.15) is 5.82 Å². The minimum Gasteiger partial charge on any atom is -0.383 e. The Labute approximate surface area is 174 Å². The molecule has 1 aromatic heterocycles. The summed E-state index contributed by atoms with van der Waals surface area (Å²) in [5.41, 5.74) is 6.74. The molecule has 0 saturated carbocycles. The molecule has 7 nitrogen and oxygen atoms in total. The molecule has 0 bridgehead atoms. The average Bonchev–Trinajstić information content (AvgIpc) is 2.76. The Morgan fingerprint density at radius 1 is 1.03 bits per heavy atom. The van der Waals surface area contributed by atoms with Gasteiger partial charge < -0.3 is 5.73 Å². The number of benzene rings is 2. The molecule has 1 heterocycles. The molecule has 0 spiro atoms. The summed E-state index contributed by atoms with van der Waals surface area (Å²) in [6, 6.07) is 18.7. The molecular formula is C23H26N4O3. The lowest BCUT2D eigenvalue weighted by Crippen LogP contribution is -2.42. The Morgan fingerprint density at radius 2 is 1.60 bits per heavy atom. The number of carbonyl (C=O) groups is 1. The van der Waals surface area contributed by atoms with Crippen LogP contribution in [0.15, 0.2) is 70.3 Å². The maximum atomic E-state index is 13.2. The highest BCUT2D eigenvalue weighted by Crippen LogP contribution is 2.23. The zero-order valence-electron chi connectivity index (χ0n) is 17.2. The van der Waals surface area contributed by atoms with Crippen molar-refractivity contribution >= 4 is 17.4 Å². The van der Waals surface area contributed by atoms with Crippen molar-refractivity contribution in [3.05, 3.63) is 92.6 Å². The highest BCUT2D eigenvalue weighted by Gasteiger charge is 2.27. The van der Waals surface area contributed by atoms with E-state index in [1.165, 1.54) is 9.47 Å². The van der Waals surface area contributed by atoms with Crippen molar-refractivity contribution in [3.63, 3.8) is 0 Å². The molecule has 7 heteroatoms. The van der Waals surface area contributed by atoms with Crippen molar-refractivity contribution in [2.75, 3.05) is 10.6 Å². The third kappa shape index (κ3) is 4.51. The Balaban J connectivity index is 2.12. The minimum atomic E-state index is -0.672. The van der Waals surface area contributed by atoms with Crippen LogP contribution in [0.4, 0.5) is 11.5 Å². The van der Waals surface area contributed by atoms with Crippen molar-refractivity contribution in [1.82, 2.24) is 9.55 Å². The summed E-state index contributed by atoms with van der Waals surface area (Å²) in [5.74, 6) is -0.550. The molecule has 30 heavy (non-hydrogen) atoms. The number of hydrogen-bond acceptors (Lipinski definition) is 4. The molecule has 0 aliphatic rings. The molecule has 1 amide bonds. The number of nitrogens with two attached hydrogens (primary N) is 1. The molecule has 1 atom stereocenters. The van der Waals surface area contributed by atoms with Crippen LogP contribution in [-0.2, 0) is 17.9 Å². The van der Waals surface area contributed by atoms with Gasteiger partial charge in [-0.25, -0.2) is 4.79 Å². The standard InChI is InChI=1S/C23H26N4O3/c1-3-16(2)22(29)26(14-17-10-6-4-7-11-17)19-20(24)27(23(30)25-21(19)28)15-18-12-8-5-9-13-18/h4-13,16H,3,14-15,24H2,1-2H3,(H,25,28,30). The number of hydrogen-bond donors (Lipinski definition) is 2. The predicted octanol–water partition coefficient (Wildman–Crippen LogP) is 2.75. The number of aromatic amines is 1. The van der Waals surface area contributed by atoms with Gasteiger partial charge >= 0.3 is 5.69 Å². The molecular weight excluding hydrogens is 380 g/mol. The zero-order valence-corrected chi connectivity index (χ0v) is 17.2. The smallest absolute Gasteiger partial charge is 0.330 e. The summed E-state index contributed by atoms with van der Waals surface area (Å²) in [6.45, 7) is 4.09. The topological polar surface area (TPSA) is 101 Å². The number of nitrogens with one attached hydrogen (secondary N) is 1. The number of nitrogens with zero attached hydrogens (tertiary/aromatic N) is 2. The number of rotatable bonds is 7. The van der Waals surface area contributed by atoms with Gasteiger partial charge in [-0.05, 0) is 17.5 Å². The SMILES string of the molecule is CCC(C)C(=O)N(Cc1ccccc1)c1c(N)n(Cc2ccccc2)c(=O)[nH]c1=O. The number of amides is 1. The minimum absolute atomic E-state index is 0.000292. The number of nitrogen functional groups attached to an aromatic ring is 1. The molecule has 3 rings (SSSR count). The Hall–Kier alpha value is -3.61. The highest BCUT2D eigenvalue weighted by atomic mass is 16.2. The van der Waals surface area contributed by atoms with Gasteiger partial charge in [-0.1, -0.05) is 74.5 Å². The second-order valence-corrected chi connectivity index (χ2v) is 7.28. The molecule has 0 fully saturated rings. The fourth-order valence-corrected chi connectivity index (χ4v) is 3.23. The lowest BCUT2D eigenvalue weighted by Gasteiger charge is -2.27. The van der Waals surface area contributed by atoms with E-state index in [0.717, 1.165) is 11.1 Å². The first-order valence-electron chi connectivity index (χ1n) is 9.94. The molecule has 1 unspecified atom stereocenters. The molecule has 156 valence electrons. The van der Waals surface area contributed by atoms with Crippen molar-refractivity contribution in [3.8, 4) is 0 Å².